The zero-order chi connectivity index (χ0) is 12.3. The maximum atomic E-state index is 10.7. The van der Waals surface area contributed by atoms with Gasteiger partial charge in [-0.1, -0.05) is 6.92 Å². The number of carbonyl (C=O) groups excluding carboxylic acids is 1. The van der Waals surface area contributed by atoms with Crippen LogP contribution < -0.4 is 4.90 Å². The van der Waals surface area contributed by atoms with Gasteiger partial charge in [0.05, 0.1) is 0 Å². The normalized spacial score (nSPS) is 14.7. The molecule has 1 fully saturated rings. The van der Waals surface area contributed by atoms with Crippen LogP contribution in [0.1, 0.15) is 42.1 Å². The summed E-state index contributed by atoms with van der Waals surface area (Å²) in [4.78, 5) is 13.2. The van der Waals surface area contributed by atoms with Crippen molar-refractivity contribution in [2.45, 2.75) is 33.1 Å². The van der Waals surface area contributed by atoms with Gasteiger partial charge in [-0.05, 0) is 55.9 Å². The Morgan fingerprint density at radius 1 is 1.41 bits per heavy atom. The van der Waals surface area contributed by atoms with Crippen LogP contribution in [0.5, 0.6) is 0 Å². The molecule has 0 saturated heterocycles. The molecule has 0 spiro atoms. The molecule has 2 heteroatoms. The van der Waals surface area contributed by atoms with Crippen molar-refractivity contribution < 1.29 is 4.79 Å². The molecule has 0 radical (unpaired) electrons. The van der Waals surface area contributed by atoms with Crippen LogP contribution in [0.3, 0.4) is 0 Å². The highest BCUT2D eigenvalue weighted by Crippen LogP contribution is 2.32. The number of carbonyl (C=O) groups is 1. The summed E-state index contributed by atoms with van der Waals surface area (Å²) in [6.45, 7) is 6.60. The molecule has 1 aromatic rings. The fourth-order valence-corrected chi connectivity index (χ4v) is 2.30. The van der Waals surface area contributed by atoms with Crippen LogP contribution >= 0.6 is 0 Å². The standard InChI is InChI=1S/C15H21NO/c1-3-8-16(10-13-4-5-13)15-7-6-14(11-17)9-12(15)2/h6-7,9,11,13H,3-5,8,10H2,1-2H3. The van der Waals surface area contributed by atoms with Crippen LogP contribution in [0.15, 0.2) is 18.2 Å². The highest BCUT2D eigenvalue weighted by atomic mass is 16.1. The summed E-state index contributed by atoms with van der Waals surface area (Å²) in [5.41, 5.74) is 3.28. The lowest BCUT2D eigenvalue weighted by Crippen LogP contribution is -2.27. The molecule has 1 aliphatic rings. The van der Waals surface area contributed by atoms with E-state index in [1.807, 2.05) is 12.1 Å². The fraction of sp³-hybridized carbons (Fsp3) is 0.533. The van der Waals surface area contributed by atoms with Gasteiger partial charge in [0.2, 0.25) is 0 Å². The van der Waals surface area contributed by atoms with E-state index in [4.69, 9.17) is 0 Å². The first kappa shape index (κ1) is 12.2. The molecule has 1 aromatic carbocycles. The van der Waals surface area contributed by atoms with Crippen molar-refractivity contribution in [2.24, 2.45) is 5.92 Å². The van der Waals surface area contributed by atoms with Gasteiger partial charge in [-0.3, -0.25) is 4.79 Å². The number of anilines is 1. The Balaban J connectivity index is 2.18. The Kier molecular flexibility index (Phi) is 3.82. The summed E-state index contributed by atoms with van der Waals surface area (Å²) in [6.07, 6.45) is 4.85. The van der Waals surface area contributed by atoms with Crippen molar-refractivity contribution in [2.75, 3.05) is 18.0 Å². The molecular weight excluding hydrogens is 210 g/mol. The molecule has 0 aliphatic heterocycles. The lowest BCUT2D eigenvalue weighted by Gasteiger charge is -2.26. The van der Waals surface area contributed by atoms with Crippen LogP contribution in [-0.4, -0.2) is 19.4 Å². The maximum Gasteiger partial charge on any atom is 0.150 e. The number of hydrogen-bond acceptors (Lipinski definition) is 2. The molecule has 0 unspecified atom stereocenters. The minimum Gasteiger partial charge on any atom is -0.371 e. The molecule has 0 bridgehead atoms. The third-order valence-corrected chi connectivity index (χ3v) is 3.37. The van der Waals surface area contributed by atoms with Gasteiger partial charge in [-0.15, -0.1) is 0 Å². The topological polar surface area (TPSA) is 20.3 Å². The third kappa shape index (κ3) is 3.09. The van der Waals surface area contributed by atoms with E-state index in [1.165, 1.54) is 37.1 Å². The van der Waals surface area contributed by atoms with Crippen LogP contribution in [0.25, 0.3) is 0 Å². The van der Waals surface area contributed by atoms with Gasteiger partial charge in [-0.25, -0.2) is 0 Å². The Bertz CT molecular complexity index is 396. The number of rotatable bonds is 6. The first-order valence-electron chi connectivity index (χ1n) is 6.55. The SMILES string of the molecule is CCCN(CC1CC1)c1ccc(C=O)cc1C. The second kappa shape index (κ2) is 5.35. The number of aryl methyl sites for hydroxylation is 1. The van der Waals surface area contributed by atoms with Crippen LogP contribution in [0.2, 0.25) is 0 Å². The summed E-state index contributed by atoms with van der Waals surface area (Å²) in [7, 11) is 0. The van der Waals surface area contributed by atoms with Crippen molar-refractivity contribution >= 4 is 12.0 Å². The molecule has 2 nitrogen and oxygen atoms in total. The molecule has 1 saturated carbocycles. The van der Waals surface area contributed by atoms with E-state index in [1.54, 1.807) is 0 Å². The lowest BCUT2D eigenvalue weighted by atomic mass is 10.1. The van der Waals surface area contributed by atoms with Gasteiger partial charge in [0.1, 0.15) is 6.29 Å². The Morgan fingerprint density at radius 3 is 2.71 bits per heavy atom. The maximum absolute atomic E-state index is 10.7. The third-order valence-electron chi connectivity index (χ3n) is 3.37. The van der Waals surface area contributed by atoms with E-state index in [2.05, 4.69) is 24.8 Å². The van der Waals surface area contributed by atoms with Crippen LogP contribution in [0, 0.1) is 12.8 Å². The van der Waals surface area contributed by atoms with Gasteiger partial charge >= 0.3 is 0 Å². The zero-order valence-electron chi connectivity index (χ0n) is 10.8. The Hall–Kier alpha value is -1.31. The molecule has 0 amide bonds. The lowest BCUT2D eigenvalue weighted by molar-refractivity contribution is 0.112. The summed E-state index contributed by atoms with van der Waals surface area (Å²) < 4.78 is 0. The van der Waals surface area contributed by atoms with E-state index < -0.39 is 0 Å². The van der Waals surface area contributed by atoms with E-state index >= 15 is 0 Å². The minimum absolute atomic E-state index is 0.772. The molecule has 92 valence electrons. The van der Waals surface area contributed by atoms with E-state index in [9.17, 15) is 4.79 Å². The number of aldehydes is 1. The summed E-state index contributed by atoms with van der Waals surface area (Å²) in [6, 6.07) is 6.00. The van der Waals surface area contributed by atoms with Crippen molar-refractivity contribution in [3.05, 3.63) is 29.3 Å². The van der Waals surface area contributed by atoms with Gasteiger partial charge in [0, 0.05) is 24.3 Å². The summed E-state index contributed by atoms with van der Waals surface area (Å²) in [5.74, 6) is 0.895. The van der Waals surface area contributed by atoms with E-state index in [0.717, 1.165) is 24.3 Å². The molecule has 1 aliphatic carbocycles. The summed E-state index contributed by atoms with van der Waals surface area (Å²) >= 11 is 0. The summed E-state index contributed by atoms with van der Waals surface area (Å²) in [5, 5.41) is 0. The first-order valence-corrected chi connectivity index (χ1v) is 6.55. The molecule has 17 heavy (non-hydrogen) atoms. The number of nitrogens with zero attached hydrogens (tertiary/aromatic N) is 1. The van der Waals surface area contributed by atoms with Crippen molar-refractivity contribution in [1.29, 1.82) is 0 Å². The van der Waals surface area contributed by atoms with Gasteiger partial charge < -0.3 is 4.90 Å². The van der Waals surface area contributed by atoms with Crippen molar-refractivity contribution in [3.63, 3.8) is 0 Å². The molecular formula is C15H21NO. The molecule has 0 atom stereocenters. The second-order valence-corrected chi connectivity index (χ2v) is 5.05. The molecule has 0 N–H and O–H groups in total. The monoisotopic (exact) mass is 231 g/mol. The molecule has 0 heterocycles. The van der Waals surface area contributed by atoms with Gasteiger partial charge in [0.25, 0.3) is 0 Å². The molecule has 0 aromatic heterocycles. The van der Waals surface area contributed by atoms with Crippen molar-refractivity contribution in [1.82, 2.24) is 0 Å². The minimum atomic E-state index is 0.772. The van der Waals surface area contributed by atoms with E-state index in [0.29, 0.717) is 0 Å². The smallest absolute Gasteiger partial charge is 0.150 e. The highest BCUT2D eigenvalue weighted by Gasteiger charge is 2.24. The van der Waals surface area contributed by atoms with Gasteiger partial charge in [0.15, 0.2) is 0 Å². The highest BCUT2D eigenvalue weighted by molar-refractivity contribution is 5.77. The average molecular weight is 231 g/mol. The number of hydrogen-bond donors (Lipinski definition) is 0. The van der Waals surface area contributed by atoms with Gasteiger partial charge in [-0.2, -0.15) is 0 Å². The zero-order valence-corrected chi connectivity index (χ0v) is 10.8. The van der Waals surface area contributed by atoms with Crippen LogP contribution in [-0.2, 0) is 0 Å². The van der Waals surface area contributed by atoms with E-state index in [-0.39, 0.29) is 0 Å². The first-order chi connectivity index (χ1) is 8.24. The number of benzene rings is 1. The molecule has 2 rings (SSSR count). The Labute approximate surface area is 104 Å². The van der Waals surface area contributed by atoms with Crippen molar-refractivity contribution in [3.8, 4) is 0 Å². The predicted octanol–water partition coefficient (Wildman–Crippen LogP) is 3.43. The Morgan fingerprint density at radius 2 is 2.18 bits per heavy atom. The average Bonchev–Trinajstić information content (AvgIpc) is 3.12. The largest absolute Gasteiger partial charge is 0.371 e. The second-order valence-electron chi connectivity index (χ2n) is 5.05. The van der Waals surface area contributed by atoms with Crippen LogP contribution in [0.4, 0.5) is 5.69 Å². The predicted molar refractivity (Wildman–Crippen MR) is 71.8 cm³/mol. The fourth-order valence-electron chi connectivity index (χ4n) is 2.30. The quantitative estimate of drug-likeness (QED) is 0.699.